The van der Waals surface area contributed by atoms with E-state index in [0.717, 1.165) is 10.5 Å². The molecular weight excluding hydrogens is 224 g/mol. The minimum absolute atomic E-state index is 0.440. The van der Waals surface area contributed by atoms with E-state index >= 15 is 0 Å². The summed E-state index contributed by atoms with van der Waals surface area (Å²) in [5, 5.41) is 17.5. The van der Waals surface area contributed by atoms with E-state index in [1.54, 1.807) is 13.8 Å². The Bertz CT molecular complexity index is 465. The third-order valence-electron chi connectivity index (χ3n) is 2.08. The quantitative estimate of drug-likeness (QED) is 0.887. The number of aromatic nitrogens is 2. The summed E-state index contributed by atoms with van der Waals surface area (Å²) >= 11 is 1.41. The summed E-state index contributed by atoms with van der Waals surface area (Å²) in [6, 6.07) is 7.62. The second kappa shape index (κ2) is 4.67. The van der Waals surface area contributed by atoms with Crippen LogP contribution in [0.2, 0.25) is 0 Å². The van der Waals surface area contributed by atoms with Crippen LogP contribution in [0.25, 0.3) is 0 Å². The highest BCUT2D eigenvalue weighted by molar-refractivity contribution is 7.99. The van der Waals surface area contributed by atoms with Crippen molar-refractivity contribution < 1.29 is 9.52 Å². The van der Waals surface area contributed by atoms with Crippen LogP contribution < -0.4 is 0 Å². The Morgan fingerprint density at radius 2 is 1.94 bits per heavy atom. The van der Waals surface area contributed by atoms with E-state index in [9.17, 15) is 5.11 Å². The van der Waals surface area contributed by atoms with Gasteiger partial charge in [-0.05, 0) is 36.4 Å². The number of benzene rings is 1. The minimum Gasteiger partial charge on any atom is -0.416 e. The van der Waals surface area contributed by atoms with Gasteiger partial charge in [-0.3, -0.25) is 0 Å². The highest BCUT2D eigenvalue weighted by atomic mass is 32.2. The minimum atomic E-state index is -0.440. The van der Waals surface area contributed by atoms with Crippen LogP contribution in [0.15, 0.2) is 38.8 Å². The van der Waals surface area contributed by atoms with Crippen LogP contribution in [0.5, 0.6) is 0 Å². The summed E-state index contributed by atoms with van der Waals surface area (Å²) in [5.74, 6) is 0.558. The van der Waals surface area contributed by atoms with E-state index in [1.165, 1.54) is 11.8 Å². The molecule has 0 saturated heterocycles. The third-order valence-corrected chi connectivity index (χ3v) is 2.92. The molecule has 2 rings (SSSR count). The molecule has 0 radical (unpaired) electrons. The zero-order valence-electron chi connectivity index (χ0n) is 9.04. The van der Waals surface area contributed by atoms with Gasteiger partial charge in [0.2, 0.25) is 5.89 Å². The van der Waals surface area contributed by atoms with Crippen molar-refractivity contribution in [2.45, 2.75) is 30.1 Å². The Labute approximate surface area is 97.7 Å². The first kappa shape index (κ1) is 11.2. The third kappa shape index (κ3) is 2.62. The average molecular weight is 236 g/mol. The highest BCUT2D eigenvalue weighted by Gasteiger charge is 2.05. The summed E-state index contributed by atoms with van der Waals surface area (Å²) < 4.78 is 5.26. The van der Waals surface area contributed by atoms with Gasteiger partial charge in [0.1, 0.15) is 0 Å². The van der Waals surface area contributed by atoms with Gasteiger partial charge in [0.25, 0.3) is 5.22 Å². The lowest BCUT2D eigenvalue weighted by Gasteiger charge is -2.04. The van der Waals surface area contributed by atoms with Gasteiger partial charge >= 0.3 is 0 Å². The zero-order valence-corrected chi connectivity index (χ0v) is 9.86. The van der Waals surface area contributed by atoms with Crippen molar-refractivity contribution >= 4 is 11.8 Å². The summed E-state index contributed by atoms with van der Waals surface area (Å²) in [4.78, 5) is 1.01. The fraction of sp³-hybridized carbons (Fsp3) is 0.273. The summed E-state index contributed by atoms with van der Waals surface area (Å²) in [6.45, 7) is 3.50. The van der Waals surface area contributed by atoms with Gasteiger partial charge in [-0.2, -0.15) is 0 Å². The lowest BCUT2D eigenvalue weighted by atomic mass is 10.1. The molecule has 5 heteroatoms. The monoisotopic (exact) mass is 236 g/mol. The van der Waals surface area contributed by atoms with E-state index in [2.05, 4.69) is 10.2 Å². The second-order valence-corrected chi connectivity index (χ2v) is 4.46. The molecule has 0 saturated carbocycles. The van der Waals surface area contributed by atoms with Gasteiger partial charge in [-0.25, -0.2) is 0 Å². The molecule has 84 valence electrons. The molecular formula is C11H12N2O2S. The maximum Gasteiger partial charge on any atom is 0.281 e. The smallest absolute Gasteiger partial charge is 0.281 e. The van der Waals surface area contributed by atoms with Crippen molar-refractivity contribution in [1.82, 2.24) is 10.2 Å². The number of hydrogen-bond donors (Lipinski definition) is 1. The van der Waals surface area contributed by atoms with E-state index in [0.29, 0.717) is 11.1 Å². The van der Waals surface area contributed by atoms with Crippen LogP contribution in [0.3, 0.4) is 0 Å². The first-order valence-electron chi connectivity index (χ1n) is 4.91. The van der Waals surface area contributed by atoms with Crippen LogP contribution in [-0.4, -0.2) is 15.3 Å². The van der Waals surface area contributed by atoms with Crippen LogP contribution >= 0.6 is 11.8 Å². The molecule has 1 aromatic heterocycles. The van der Waals surface area contributed by atoms with Gasteiger partial charge in [-0.15, -0.1) is 10.2 Å². The predicted molar refractivity (Wildman–Crippen MR) is 60.2 cm³/mol. The number of hydrogen-bond acceptors (Lipinski definition) is 5. The Morgan fingerprint density at radius 3 is 2.44 bits per heavy atom. The number of aryl methyl sites for hydroxylation is 1. The van der Waals surface area contributed by atoms with Gasteiger partial charge in [0.15, 0.2) is 0 Å². The summed E-state index contributed by atoms with van der Waals surface area (Å²) in [6.07, 6.45) is -0.440. The highest BCUT2D eigenvalue weighted by Crippen LogP contribution is 2.27. The number of aliphatic hydroxyl groups excluding tert-OH is 1. The standard InChI is InChI=1S/C11H12N2O2S/c1-7(14)9-3-5-10(6-4-9)16-11-13-12-8(2)15-11/h3-7,14H,1-2H3/t7-/m1/s1. The maximum absolute atomic E-state index is 9.36. The van der Waals surface area contributed by atoms with Crippen molar-refractivity contribution in [2.75, 3.05) is 0 Å². The molecule has 0 aliphatic heterocycles. The van der Waals surface area contributed by atoms with Gasteiger partial charge in [0, 0.05) is 11.8 Å². The van der Waals surface area contributed by atoms with Gasteiger partial charge < -0.3 is 9.52 Å². The number of rotatable bonds is 3. The molecule has 0 spiro atoms. The van der Waals surface area contributed by atoms with Crippen LogP contribution in [-0.2, 0) is 0 Å². The van der Waals surface area contributed by atoms with Crippen LogP contribution in [0.1, 0.15) is 24.5 Å². The first-order chi connectivity index (χ1) is 7.65. The van der Waals surface area contributed by atoms with E-state index in [-0.39, 0.29) is 0 Å². The fourth-order valence-electron chi connectivity index (χ4n) is 1.23. The molecule has 4 nitrogen and oxygen atoms in total. The Kier molecular flexibility index (Phi) is 3.26. The largest absolute Gasteiger partial charge is 0.416 e. The molecule has 1 heterocycles. The van der Waals surface area contributed by atoms with Crippen molar-refractivity contribution in [3.05, 3.63) is 35.7 Å². The van der Waals surface area contributed by atoms with Gasteiger partial charge in [0.05, 0.1) is 6.10 Å². The van der Waals surface area contributed by atoms with Crippen molar-refractivity contribution in [3.8, 4) is 0 Å². The lowest BCUT2D eigenvalue weighted by Crippen LogP contribution is -1.89. The summed E-state index contributed by atoms with van der Waals surface area (Å²) in [7, 11) is 0. The summed E-state index contributed by atoms with van der Waals surface area (Å²) in [5.41, 5.74) is 0.894. The maximum atomic E-state index is 9.36. The number of aliphatic hydroxyl groups is 1. The molecule has 1 atom stereocenters. The fourth-order valence-corrected chi connectivity index (χ4v) is 1.95. The molecule has 2 aromatic rings. The number of nitrogens with zero attached hydrogens (tertiary/aromatic N) is 2. The predicted octanol–water partition coefficient (Wildman–Crippen LogP) is 2.58. The Hall–Kier alpha value is -1.33. The molecule has 0 unspecified atom stereocenters. The molecule has 0 aliphatic rings. The van der Waals surface area contributed by atoms with Crippen molar-refractivity contribution in [1.29, 1.82) is 0 Å². The normalized spacial score (nSPS) is 12.7. The second-order valence-electron chi connectivity index (χ2n) is 3.43. The molecule has 0 bridgehead atoms. The molecule has 0 fully saturated rings. The van der Waals surface area contributed by atoms with Gasteiger partial charge in [-0.1, -0.05) is 12.1 Å². The Morgan fingerprint density at radius 1 is 1.25 bits per heavy atom. The molecule has 16 heavy (non-hydrogen) atoms. The molecule has 1 aromatic carbocycles. The van der Waals surface area contributed by atoms with Crippen molar-refractivity contribution in [2.24, 2.45) is 0 Å². The first-order valence-corrected chi connectivity index (χ1v) is 5.73. The van der Waals surface area contributed by atoms with E-state index in [1.807, 2.05) is 24.3 Å². The van der Waals surface area contributed by atoms with Crippen LogP contribution in [0, 0.1) is 6.92 Å². The molecule has 1 N–H and O–H groups in total. The van der Waals surface area contributed by atoms with Crippen LogP contribution in [0.4, 0.5) is 0 Å². The van der Waals surface area contributed by atoms with E-state index in [4.69, 9.17) is 4.42 Å². The molecule has 0 aliphatic carbocycles. The van der Waals surface area contributed by atoms with E-state index < -0.39 is 6.10 Å². The van der Waals surface area contributed by atoms with Crippen molar-refractivity contribution in [3.63, 3.8) is 0 Å². The average Bonchev–Trinajstić information content (AvgIpc) is 2.65. The molecule has 0 amide bonds. The Balaban J connectivity index is 2.11. The SMILES string of the molecule is Cc1nnc(Sc2ccc([C@@H](C)O)cc2)o1. The lowest BCUT2D eigenvalue weighted by molar-refractivity contribution is 0.199. The zero-order chi connectivity index (χ0) is 11.5. The topological polar surface area (TPSA) is 59.2 Å².